The summed E-state index contributed by atoms with van der Waals surface area (Å²) in [5, 5.41) is 4.74. The average Bonchev–Trinajstić information content (AvgIpc) is 2.68. The van der Waals surface area contributed by atoms with Crippen LogP contribution in [0.4, 0.5) is 5.69 Å². The van der Waals surface area contributed by atoms with Gasteiger partial charge in [0.05, 0.1) is 12.8 Å². The second-order valence-corrected chi connectivity index (χ2v) is 8.81. The van der Waals surface area contributed by atoms with Gasteiger partial charge in [0.25, 0.3) is 0 Å². The number of nitrogens with one attached hydrogen (secondary N) is 1. The molecule has 4 nitrogen and oxygen atoms in total. The van der Waals surface area contributed by atoms with Crippen LogP contribution in [0.1, 0.15) is 45.4 Å². The van der Waals surface area contributed by atoms with Crippen molar-refractivity contribution in [2.75, 3.05) is 32.6 Å². The zero-order valence-corrected chi connectivity index (χ0v) is 18.3. The normalized spacial score (nSPS) is 24.1. The molecule has 1 aliphatic heterocycles. The van der Waals surface area contributed by atoms with E-state index in [1.54, 1.807) is 7.11 Å². The third kappa shape index (κ3) is 5.07. The van der Waals surface area contributed by atoms with Gasteiger partial charge in [0.2, 0.25) is 0 Å². The molecule has 1 saturated heterocycles. The van der Waals surface area contributed by atoms with Crippen molar-refractivity contribution in [1.29, 1.82) is 0 Å². The van der Waals surface area contributed by atoms with E-state index < -0.39 is 0 Å². The summed E-state index contributed by atoms with van der Waals surface area (Å²) in [5.74, 6) is 1.57. The van der Waals surface area contributed by atoms with Gasteiger partial charge in [-0.1, -0.05) is 31.4 Å². The lowest BCUT2D eigenvalue weighted by atomic mass is 9.84. The molecule has 1 N–H and O–H groups in total. The van der Waals surface area contributed by atoms with Crippen LogP contribution in [0, 0.1) is 5.92 Å². The number of benzene rings is 1. The molecule has 0 amide bonds. The van der Waals surface area contributed by atoms with E-state index in [2.05, 4.69) is 29.1 Å². The summed E-state index contributed by atoms with van der Waals surface area (Å²) in [7, 11) is 3.99. The number of likely N-dealkylation sites (tertiary alicyclic amines) is 1. The minimum atomic E-state index is 0.662. The van der Waals surface area contributed by atoms with Crippen molar-refractivity contribution in [3.05, 3.63) is 23.2 Å². The molecular formula is C21H32ClN3OS. The quantitative estimate of drug-likeness (QED) is 0.704. The first-order chi connectivity index (χ1) is 13.0. The van der Waals surface area contributed by atoms with Gasteiger partial charge >= 0.3 is 0 Å². The standard InChI is InChI=1S/C21H32ClN3OS/c1-15-6-4-5-7-19(15)24(2)17-10-12-25(13-11-17)21(27)23-18-14-16(22)8-9-20(18)26-3/h8-9,14-15,17,19H,4-7,10-13H2,1-3H3,(H,23,27)/t15-,19-/m1/s1. The first-order valence-corrected chi connectivity index (χ1v) is 10.9. The van der Waals surface area contributed by atoms with E-state index in [-0.39, 0.29) is 0 Å². The van der Waals surface area contributed by atoms with Crippen molar-refractivity contribution < 1.29 is 4.74 Å². The molecule has 2 aliphatic rings. The van der Waals surface area contributed by atoms with Crippen LogP contribution in [0.25, 0.3) is 0 Å². The van der Waals surface area contributed by atoms with Crippen LogP contribution >= 0.6 is 23.8 Å². The molecule has 0 radical (unpaired) electrons. The van der Waals surface area contributed by atoms with Crippen molar-refractivity contribution in [2.24, 2.45) is 5.92 Å². The van der Waals surface area contributed by atoms with Crippen molar-refractivity contribution in [2.45, 2.75) is 57.5 Å². The molecule has 0 bridgehead atoms. The highest BCUT2D eigenvalue weighted by atomic mass is 35.5. The Morgan fingerprint density at radius 2 is 1.93 bits per heavy atom. The molecule has 2 fully saturated rings. The number of halogens is 1. The summed E-state index contributed by atoms with van der Waals surface area (Å²) in [5.41, 5.74) is 0.824. The zero-order chi connectivity index (χ0) is 19.4. The van der Waals surface area contributed by atoms with Crippen molar-refractivity contribution in [3.63, 3.8) is 0 Å². The SMILES string of the molecule is COc1ccc(Cl)cc1NC(=S)N1CCC(N(C)[C@@H]2CCCC[C@H]2C)CC1. The molecule has 1 heterocycles. The number of ether oxygens (including phenoxy) is 1. The zero-order valence-electron chi connectivity index (χ0n) is 16.7. The Labute approximate surface area is 174 Å². The van der Waals surface area contributed by atoms with E-state index >= 15 is 0 Å². The van der Waals surface area contributed by atoms with E-state index in [1.165, 1.54) is 25.7 Å². The molecule has 2 atom stereocenters. The first kappa shape index (κ1) is 20.7. The van der Waals surface area contributed by atoms with Gasteiger partial charge in [-0.05, 0) is 69.1 Å². The lowest BCUT2D eigenvalue weighted by molar-refractivity contribution is 0.0691. The maximum absolute atomic E-state index is 6.12. The van der Waals surface area contributed by atoms with Crippen LogP contribution in [0.5, 0.6) is 5.75 Å². The second kappa shape index (κ2) is 9.44. The Morgan fingerprint density at radius 3 is 2.59 bits per heavy atom. The van der Waals surface area contributed by atoms with E-state index in [0.717, 1.165) is 54.4 Å². The molecule has 27 heavy (non-hydrogen) atoms. The maximum Gasteiger partial charge on any atom is 0.173 e. The fourth-order valence-corrected chi connectivity index (χ4v) is 5.09. The van der Waals surface area contributed by atoms with Gasteiger partial charge in [-0.3, -0.25) is 0 Å². The predicted molar refractivity (Wildman–Crippen MR) is 118 cm³/mol. The van der Waals surface area contributed by atoms with Crippen LogP contribution in [0.3, 0.4) is 0 Å². The number of hydrogen-bond acceptors (Lipinski definition) is 3. The topological polar surface area (TPSA) is 27.7 Å². The molecule has 1 saturated carbocycles. The van der Waals surface area contributed by atoms with E-state index in [0.29, 0.717) is 11.1 Å². The molecule has 6 heteroatoms. The van der Waals surface area contributed by atoms with Gasteiger partial charge < -0.3 is 19.9 Å². The third-order valence-electron chi connectivity index (χ3n) is 6.32. The van der Waals surface area contributed by atoms with Crippen LogP contribution in [0.15, 0.2) is 18.2 Å². The first-order valence-electron chi connectivity index (χ1n) is 10.1. The third-order valence-corrected chi connectivity index (χ3v) is 6.92. The smallest absolute Gasteiger partial charge is 0.173 e. The average molecular weight is 410 g/mol. The summed E-state index contributed by atoms with van der Waals surface area (Å²) in [4.78, 5) is 4.93. The lowest BCUT2D eigenvalue weighted by Crippen LogP contribution is -2.51. The van der Waals surface area contributed by atoms with Gasteiger partial charge in [-0.15, -0.1) is 0 Å². The highest BCUT2D eigenvalue weighted by Gasteiger charge is 2.31. The summed E-state index contributed by atoms with van der Waals surface area (Å²) in [6, 6.07) is 6.95. The van der Waals surface area contributed by atoms with Crippen LogP contribution in [-0.2, 0) is 0 Å². The maximum atomic E-state index is 6.12. The minimum absolute atomic E-state index is 0.662. The summed E-state index contributed by atoms with van der Waals surface area (Å²) in [6.45, 7) is 4.41. The molecule has 1 aromatic rings. The Kier molecular flexibility index (Phi) is 7.23. The van der Waals surface area contributed by atoms with E-state index in [1.807, 2.05) is 18.2 Å². The Balaban J connectivity index is 1.54. The van der Waals surface area contributed by atoms with Crippen molar-refractivity contribution in [3.8, 4) is 5.75 Å². The molecule has 150 valence electrons. The number of methoxy groups -OCH3 is 1. The number of thiocarbonyl (C=S) groups is 1. The van der Waals surface area contributed by atoms with Gasteiger partial charge in [0, 0.05) is 30.2 Å². The molecule has 3 rings (SSSR count). The van der Waals surface area contributed by atoms with Crippen molar-refractivity contribution in [1.82, 2.24) is 9.80 Å². The largest absolute Gasteiger partial charge is 0.495 e. The van der Waals surface area contributed by atoms with E-state index in [9.17, 15) is 0 Å². The number of piperidine rings is 1. The highest BCUT2D eigenvalue weighted by molar-refractivity contribution is 7.80. The monoisotopic (exact) mass is 409 g/mol. The molecule has 0 aromatic heterocycles. The van der Waals surface area contributed by atoms with Crippen LogP contribution < -0.4 is 10.1 Å². The number of nitrogens with zero attached hydrogens (tertiary/aromatic N) is 2. The molecule has 1 aromatic carbocycles. The molecule has 1 aliphatic carbocycles. The van der Waals surface area contributed by atoms with E-state index in [4.69, 9.17) is 28.6 Å². The molecular weight excluding hydrogens is 378 g/mol. The molecule has 0 unspecified atom stereocenters. The van der Waals surface area contributed by atoms with Gasteiger partial charge in [0.1, 0.15) is 5.75 Å². The second-order valence-electron chi connectivity index (χ2n) is 7.99. The van der Waals surface area contributed by atoms with Gasteiger partial charge in [0.15, 0.2) is 5.11 Å². The highest BCUT2D eigenvalue weighted by Crippen LogP contribution is 2.31. The van der Waals surface area contributed by atoms with Crippen molar-refractivity contribution >= 4 is 34.6 Å². The number of hydrogen-bond donors (Lipinski definition) is 1. The number of anilines is 1. The van der Waals surface area contributed by atoms with Crippen LogP contribution in [-0.4, -0.2) is 54.2 Å². The fourth-order valence-electron chi connectivity index (χ4n) is 4.62. The fraction of sp³-hybridized carbons (Fsp3) is 0.667. The lowest BCUT2D eigenvalue weighted by Gasteiger charge is -2.44. The predicted octanol–water partition coefficient (Wildman–Crippen LogP) is 5.02. The summed E-state index contributed by atoms with van der Waals surface area (Å²) < 4.78 is 5.41. The van der Waals surface area contributed by atoms with Gasteiger partial charge in [-0.2, -0.15) is 0 Å². The Hall–Kier alpha value is -1.04. The number of rotatable bonds is 4. The summed E-state index contributed by atoms with van der Waals surface area (Å²) in [6.07, 6.45) is 7.84. The Bertz CT molecular complexity index is 648. The van der Waals surface area contributed by atoms with Gasteiger partial charge in [-0.25, -0.2) is 0 Å². The molecule has 0 spiro atoms. The van der Waals surface area contributed by atoms with Crippen LogP contribution in [0.2, 0.25) is 5.02 Å². The summed E-state index contributed by atoms with van der Waals surface area (Å²) >= 11 is 11.8. The Morgan fingerprint density at radius 1 is 1.22 bits per heavy atom. The minimum Gasteiger partial charge on any atom is -0.495 e.